The second-order valence-electron chi connectivity index (χ2n) is 6.38. The van der Waals surface area contributed by atoms with Gasteiger partial charge in [-0.15, -0.1) is 0 Å². The number of nitrogens with one attached hydrogen (secondary N) is 1. The Labute approximate surface area is 123 Å². The molecule has 2 heterocycles. The molecule has 1 aliphatic carbocycles. The average molecular weight is 304 g/mol. The lowest BCUT2D eigenvalue weighted by atomic mass is 10.1. The Morgan fingerprint density at radius 2 is 1.95 bits per heavy atom. The summed E-state index contributed by atoms with van der Waals surface area (Å²) in [5.74, 6) is 0. The monoisotopic (exact) mass is 304 g/mol. The van der Waals surface area contributed by atoms with Crippen molar-refractivity contribution in [3.63, 3.8) is 0 Å². The van der Waals surface area contributed by atoms with Crippen molar-refractivity contribution in [1.82, 2.24) is 10.2 Å². The maximum Gasteiger partial charge on any atom is 0.412 e. The Morgan fingerprint density at radius 1 is 1.19 bits per heavy atom. The minimum Gasteiger partial charge on any atom is -0.372 e. The Morgan fingerprint density at radius 3 is 2.57 bits per heavy atom. The highest BCUT2D eigenvalue weighted by molar-refractivity contribution is 5.13. The number of hydrogen-bond acceptors (Lipinski definition) is 3. The molecule has 1 saturated heterocycles. The SMILES string of the molecule is FC(F)(F)C1=CCN(CC2CCC(CNC3CC3)O2)CC1. The quantitative estimate of drug-likeness (QED) is 0.790. The van der Waals surface area contributed by atoms with Crippen molar-refractivity contribution in [1.29, 1.82) is 0 Å². The van der Waals surface area contributed by atoms with Gasteiger partial charge in [-0.1, -0.05) is 6.08 Å². The first-order chi connectivity index (χ1) is 10.0. The van der Waals surface area contributed by atoms with E-state index >= 15 is 0 Å². The standard InChI is InChI=1S/C15H23F3N2O/c16-15(17,18)11-5-7-20(8-6-11)10-14-4-3-13(21-14)9-19-12-1-2-12/h5,12-14,19H,1-4,6-10H2. The van der Waals surface area contributed by atoms with Gasteiger partial charge in [0.25, 0.3) is 0 Å². The molecule has 0 amide bonds. The second-order valence-corrected chi connectivity index (χ2v) is 6.38. The molecule has 0 aromatic rings. The summed E-state index contributed by atoms with van der Waals surface area (Å²) in [4.78, 5) is 2.07. The van der Waals surface area contributed by atoms with Gasteiger partial charge in [-0.2, -0.15) is 13.2 Å². The number of ether oxygens (including phenoxy) is 1. The second kappa shape index (κ2) is 6.26. The molecular weight excluding hydrogens is 281 g/mol. The van der Waals surface area contributed by atoms with E-state index in [9.17, 15) is 13.2 Å². The molecule has 3 nitrogen and oxygen atoms in total. The third kappa shape index (κ3) is 4.44. The molecular formula is C15H23F3N2O. The molecule has 0 bridgehead atoms. The number of hydrogen-bond donors (Lipinski definition) is 1. The van der Waals surface area contributed by atoms with Crippen LogP contribution in [0.15, 0.2) is 11.6 Å². The minimum atomic E-state index is -4.16. The molecule has 0 spiro atoms. The highest BCUT2D eigenvalue weighted by atomic mass is 19.4. The van der Waals surface area contributed by atoms with Gasteiger partial charge >= 0.3 is 6.18 Å². The van der Waals surface area contributed by atoms with E-state index in [1.165, 1.54) is 18.9 Å². The summed E-state index contributed by atoms with van der Waals surface area (Å²) in [5.41, 5.74) is -0.377. The van der Waals surface area contributed by atoms with Gasteiger partial charge in [-0.25, -0.2) is 0 Å². The largest absolute Gasteiger partial charge is 0.412 e. The number of halogens is 3. The van der Waals surface area contributed by atoms with Gasteiger partial charge in [0.15, 0.2) is 0 Å². The van der Waals surface area contributed by atoms with E-state index in [-0.39, 0.29) is 24.2 Å². The van der Waals surface area contributed by atoms with Gasteiger partial charge in [-0.05, 0) is 32.1 Å². The van der Waals surface area contributed by atoms with Crippen molar-refractivity contribution >= 4 is 0 Å². The van der Waals surface area contributed by atoms with Crippen LogP contribution in [-0.4, -0.2) is 55.5 Å². The van der Waals surface area contributed by atoms with E-state index in [0.29, 0.717) is 19.1 Å². The zero-order valence-corrected chi connectivity index (χ0v) is 12.2. The zero-order valence-electron chi connectivity index (χ0n) is 12.2. The molecule has 2 aliphatic heterocycles. The first-order valence-electron chi connectivity index (χ1n) is 7.88. The van der Waals surface area contributed by atoms with Crippen LogP contribution in [0, 0.1) is 0 Å². The summed E-state index contributed by atoms with van der Waals surface area (Å²) < 4.78 is 43.7. The van der Waals surface area contributed by atoms with E-state index in [0.717, 1.165) is 25.9 Å². The van der Waals surface area contributed by atoms with E-state index < -0.39 is 6.18 Å². The van der Waals surface area contributed by atoms with E-state index in [4.69, 9.17) is 4.74 Å². The Bertz CT molecular complexity index is 393. The Balaban J connectivity index is 1.38. The maximum atomic E-state index is 12.6. The highest BCUT2D eigenvalue weighted by Gasteiger charge is 2.35. The third-order valence-corrected chi connectivity index (χ3v) is 4.53. The van der Waals surface area contributed by atoms with Crippen LogP contribution in [0.3, 0.4) is 0 Å². The van der Waals surface area contributed by atoms with Crippen LogP contribution in [-0.2, 0) is 4.74 Å². The van der Waals surface area contributed by atoms with E-state index in [2.05, 4.69) is 10.2 Å². The van der Waals surface area contributed by atoms with Crippen LogP contribution < -0.4 is 5.32 Å². The predicted octanol–water partition coefficient (Wildman–Crippen LogP) is 2.48. The predicted molar refractivity (Wildman–Crippen MR) is 74.1 cm³/mol. The average Bonchev–Trinajstić information content (AvgIpc) is 3.16. The minimum absolute atomic E-state index is 0.100. The summed E-state index contributed by atoms with van der Waals surface area (Å²) in [6, 6.07) is 0.695. The van der Waals surface area contributed by atoms with Crippen molar-refractivity contribution in [3.8, 4) is 0 Å². The molecule has 0 radical (unpaired) electrons. The van der Waals surface area contributed by atoms with E-state index in [1.54, 1.807) is 0 Å². The molecule has 2 unspecified atom stereocenters. The molecule has 6 heteroatoms. The molecule has 2 fully saturated rings. The summed E-state index contributed by atoms with van der Waals surface area (Å²) in [6.07, 6.45) is 2.35. The van der Waals surface area contributed by atoms with Crippen molar-refractivity contribution in [2.75, 3.05) is 26.2 Å². The van der Waals surface area contributed by atoms with Gasteiger partial charge in [-0.3, -0.25) is 4.90 Å². The fraction of sp³-hybridized carbons (Fsp3) is 0.867. The normalized spacial score (nSPS) is 31.5. The summed E-state index contributed by atoms with van der Waals surface area (Å²) in [5, 5.41) is 3.47. The van der Waals surface area contributed by atoms with Crippen molar-refractivity contribution < 1.29 is 17.9 Å². The van der Waals surface area contributed by atoms with E-state index in [1.807, 2.05) is 0 Å². The van der Waals surface area contributed by atoms with Gasteiger partial charge < -0.3 is 10.1 Å². The number of alkyl halides is 3. The van der Waals surface area contributed by atoms with Crippen LogP contribution in [0.25, 0.3) is 0 Å². The van der Waals surface area contributed by atoms with Crippen LogP contribution in [0.1, 0.15) is 32.1 Å². The maximum absolute atomic E-state index is 12.6. The topological polar surface area (TPSA) is 24.5 Å². The Hall–Kier alpha value is -0.590. The first-order valence-corrected chi connectivity index (χ1v) is 7.88. The smallest absolute Gasteiger partial charge is 0.372 e. The molecule has 0 aromatic heterocycles. The number of nitrogens with zero attached hydrogens (tertiary/aromatic N) is 1. The summed E-state index contributed by atoms with van der Waals surface area (Å²) in [6.45, 7) is 2.54. The number of rotatable bonds is 5. The molecule has 3 aliphatic rings. The molecule has 3 rings (SSSR count). The van der Waals surface area contributed by atoms with Gasteiger partial charge in [0.2, 0.25) is 0 Å². The third-order valence-electron chi connectivity index (χ3n) is 4.53. The lowest BCUT2D eigenvalue weighted by Crippen LogP contribution is -2.38. The highest BCUT2D eigenvalue weighted by Crippen LogP contribution is 2.30. The fourth-order valence-electron chi connectivity index (χ4n) is 3.07. The van der Waals surface area contributed by atoms with Gasteiger partial charge in [0, 0.05) is 37.8 Å². The Kier molecular flexibility index (Phi) is 4.57. The lowest BCUT2D eigenvalue weighted by Gasteiger charge is -2.29. The van der Waals surface area contributed by atoms with Crippen LogP contribution in [0.5, 0.6) is 0 Å². The molecule has 1 N–H and O–H groups in total. The van der Waals surface area contributed by atoms with Gasteiger partial charge in [0.1, 0.15) is 0 Å². The molecule has 1 saturated carbocycles. The van der Waals surface area contributed by atoms with Crippen LogP contribution in [0.4, 0.5) is 13.2 Å². The van der Waals surface area contributed by atoms with Crippen molar-refractivity contribution in [3.05, 3.63) is 11.6 Å². The summed E-state index contributed by atoms with van der Waals surface area (Å²) >= 11 is 0. The zero-order chi connectivity index (χ0) is 14.9. The lowest BCUT2D eigenvalue weighted by molar-refractivity contribution is -0.0963. The van der Waals surface area contributed by atoms with Gasteiger partial charge in [0.05, 0.1) is 12.2 Å². The molecule has 0 aromatic carbocycles. The molecule has 21 heavy (non-hydrogen) atoms. The molecule has 120 valence electrons. The summed E-state index contributed by atoms with van der Waals surface area (Å²) in [7, 11) is 0. The van der Waals surface area contributed by atoms with Crippen molar-refractivity contribution in [2.24, 2.45) is 0 Å². The van der Waals surface area contributed by atoms with Crippen LogP contribution in [0.2, 0.25) is 0 Å². The molecule has 2 atom stereocenters. The van der Waals surface area contributed by atoms with Crippen LogP contribution >= 0.6 is 0 Å². The van der Waals surface area contributed by atoms with Crippen molar-refractivity contribution in [2.45, 2.75) is 56.5 Å². The first kappa shape index (κ1) is 15.3. The fourth-order valence-corrected chi connectivity index (χ4v) is 3.07.